The maximum Gasteiger partial charge on any atom is 0.161 e. The largest absolute Gasteiger partial charge is 0.388 e. The van der Waals surface area contributed by atoms with Crippen molar-refractivity contribution in [3.8, 4) is 0 Å². The fourth-order valence-corrected chi connectivity index (χ4v) is 1.47. The van der Waals surface area contributed by atoms with E-state index in [2.05, 4.69) is 6.92 Å². The molecule has 0 aliphatic carbocycles. The predicted octanol–water partition coefficient (Wildman–Crippen LogP) is -0.282. The highest BCUT2D eigenvalue weighted by Gasteiger charge is 2.39. The van der Waals surface area contributed by atoms with Gasteiger partial charge in [0.05, 0.1) is 12.1 Å². The van der Waals surface area contributed by atoms with Gasteiger partial charge in [-0.1, -0.05) is 19.7 Å². The van der Waals surface area contributed by atoms with Gasteiger partial charge in [-0.3, -0.25) is 0 Å². The molecule has 1 fully saturated rings. The van der Waals surface area contributed by atoms with E-state index < -0.39 is 18.3 Å². The second kappa shape index (κ2) is 4.26. The molecule has 1 aliphatic rings. The first-order valence-corrected chi connectivity index (χ1v) is 4.51. The second-order valence-electron chi connectivity index (χ2n) is 3.34. The van der Waals surface area contributed by atoms with Gasteiger partial charge < -0.3 is 14.9 Å². The summed E-state index contributed by atoms with van der Waals surface area (Å²) in [5.41, 5.74) is 0. The molecule has 12 heavy (non-hydrogen) atoms. The third-order valence-corrected chi connectivity index (χ3v) is 2.30. The lowest BCUT2D eigenvalue weighted by atomic mass is 9.65. The number of aliphatic hydroxyl groups excluding tert-OH is 2. The monoisotopic (exact) mass is 173 g/mol. The zero-order chi connectivity index (χ0) is 9.84. The van der Waals surface area contributed by atoms with Crippen LogP contribution in [0.5, 0.6) is 0 Å². The van der Waals surface area contributed by atoms with E-state index >= 15 is 0 Å². The summed E-state index contributed by atoms with van der Waals surface area (Å²) in [7, 11) is 0.769. The smallest absolute Gasteiger partial charge is 0.161 e. The molecule has 0 bridgehead atoms. The Morgan fingerprint density at radius 2 is 2.25 bits per heavy atom. The maximum atomic E-state index is 9.53. The van der Waals surface area contributed by atoms with Gasteiger partial charge in [0.1, 0.15) is 12.2 Å². The van der Waals surface area contributed by atoms with Crippen LogP contribution in [0.15, 0.2) is 0 Å². The number of hydrogen-bond acceptors (Lipinski definition) is 3. The Kier molecular flexibility index (Phi) is 3.03. The molecule has 0 radical (unpaired) electrons. The summed E-state index contributed by atoms with van der Waals surface area (Å²) in [6.45, 7) is 2.08. The Morgan fingerprint density at radius 3 is 2.75 bits per heavy atom. The molecule has 4 heteroatoms. The Morgan fingerprint density at radius 1 is 1.50 bits per heavy atom. The van der Waals surface area contributed by atoms with E-state index in [0.717, 1.165) is 20.0 Å². The molecule has 1 saturated heterocycles. The Labute approximate surface area is 75.4 Å². The van der Waals surface area contributed by atoms with Crippen LogP contribution in [0.3, 0.4) is 0 Å². The molecule has 1 unspecified atom stereocenters. The van der Waals surface area contributed by atoms with Crippen LogP contribution in [0.2, 0.25) is 6.32 Å². The van der Waals surface area contributed by atoms with Crippen molar-refractivity contribution < 1.29 is 16.3 Å². The van der Waals surface area contributed by atoms with E-state index in [1.165, 1.54) is 0 Å². The highest BCUT2D eigenvalue weighted by molar-refractivity contribution is 6.37. The van der Waals surface area contributed by atoms with E-state index in [0.29, 0.717) is 0 Å². The average Bonchev–Trinajstić information content (AvgIpc) is 2.41. The summed E-state index contributed by atoms with van der Waals surface area (Å²) in [6.07, 6.45) is -0.147. The van der Waals surface area contributed by atoms with Crippen molar-refractivity contribution in [2.75, 3.05) is 0 Å². The first-order valence-electron chi connectivity index (χ1n) is 5.22. The number of hydrogen-bond donors (Lipinski definition) is 2. The first kappa shape index (κ1) is 8.54. The van der Waals surface area contributed by atoms with Crippen molar-refractivity contribution in [3.63, 3.8) is 0 Å². The summed E-state index contributed by atoms with van der Waals surface area (Å²) in [6, 6.07) is -0.273. The van der Waals surface area contributed by atoms with Crippen LogP contribution in [0.4, 0.5) is 0 Å². The summed E-state index contributed by atoms with van der Waals surface area (Å²) < 4.78 is 12.4. The van der Waals surface area contributed by atoms with Crippen LogP contribution < -0.4 is 0 Å². The predicted molar refractivity (Wildman–Crippen MR) is 48.6 cm³/mol. The van der Waals surface area contributed by atoms with Crippen LogP contribution >= 0.6 is 0 Å². The minimum Gasteiger partial charge on any atom is -0.388 e. The normalized spacial score (nSPS) is 42.8. The molecule has 1 rings (SSSR count). The molecule has 70 valence electrons. The van der Waals surface area contributed by atoms with Crippen molar-refractivity contribution in [3.05, 3.63) is 0 Å². The summed E-state index contributed by atoms with van der Waals surface area (Å²) in [5.74, 6) is 0. The van der Waals surface area contributed by atoms with Gasteiger partial charge in [0.15, 0.2) is 7.28 Å². The molecule has 4 atom stereocenters. The lowest BCUT2D eigenvalue weighted by Gasteiger charge is -2.12. The average molecular weight is 173 g/mol. The molecule has 0 amide bonds. The molecule has 0 spiro atoms. The van der Waals surface area contributed by atoms with Crippen LogP contribution in [-0.4, -0.2) is 41.8 Å². The van der Waals surface area contributed by atoms with Crippen molar-refractivity contribution in [1.82, 2.24) is 0 Å². The molecule has 3 nitrogen and oxygen atoms in total. The van der Waals surface area contributed by atoms with Crippen LogP contribution in [0.1, 0.15) is 21.6 Å². The molecule has 1 heterocycles. The SMILES string of the molecule is [2H]C[C@H]1O[C@@H](BCCC)C(O)[C@H]1O. The van der Waals surface area contributed by atoms with Gasteiger partial charge >= 0.3 is 0 Å². The molecule has 0 aromatic rings. The maximum absolute atomic E-state index is 9.53. The van der Waals surface area contributed by atoms with E-state index in [9.17, 15) is 10.2 Å². The molecule has 0 aromatic carbocycles. The standard InChI is InChI=1S/C8H17BO3/c1-3-4-9-8-7(11)6(10)5(2)12-8/h5-11H,3-4H2,1-2H3/t5-,6+,7?,8-/m1/s1/i2D. The highest BCUT2D eigenvalue weighted by atomic mass is 16.5. The summed E-state index contributed by atoms with van der Waals surface area (Å²) in [4.78, 5) is 0. The van der Waals surface area contributed by atoms with Gasteiger partial charge in [-0.25, -0.2) is 0 Å². The van der Waals surface area contributed by atoms with Gasteiger partial charge in [0.25, 0.3) is 0 Å². The molecular weight excluding hydrogens is 155 g/mol. The minimum atomic E-state index is -0.876. The number of ether oxygens (including phenoxy) is 1. The van der Waals surface area contributed by atoms with Gasteiger partial charge in [-0.05, 0) is 6.90 Å². The Bertz CT molecular complexity index is 158. The zero-order valence-corrected chi connectivity index (χ0v) is 7.44. The molecule has 1 aliphatic heterocycles. The third kappa shape index (κ3) is 2.00. The van der Waals surface area contributed by atoms with E-state index in [-0.39, 0.29) is 12.9 Å². The zero-order valence-electron chi connectivity index (χ0n) is 8.44. The van der Waals surface area contributed by atoms with Crippen molar-refractivity contribution in [1.29, 1.82) is 0 Å². The molecule has 0 saturated carbocycles. The van der Waals surface area contributed by atoms with Crippen molar-refractivity contribution in [2.45, 2.75) is 50.9 Å². The Balaban J connectivity index is 2.40. The number of aliphatic hydroxyl groups is 2. The lowest BCUT2D eigenvalue weighted by Crippen LogP contribution is -2.34. The fourth-order valence-electron chi connectivity index (χ4n) is 1.47. The summed E-state index contributed by atoms with van der Waals surface area (Å²) in [5, 5.41) is 19.0. The van der Waals surface area contributed by atoms with E-state index in [1.807, 2.05) is 0 Å². The van der Waals surface area contributed by atoms with Crippen molar-refractivity contribution in [2.24, 2.45) is 0 Å². The summed E-state index contributed by atoms with van der Waals surface area (Å²) >= 11 is 0. The van der Waals surface area contributed by atoms with E-state index in [4.69, 9.17) is 6.11 Å². The number of rotatable bonds is 3. The van der Waals surface area contributed by atoms with Crippen molar-refractivity contribution >= 4 is 7.28 Å². The minimum absolute atomic E-state index is 0.0147. The van der Waals surface area contributed by atoms with Crippen LogP contribution in [0, 0.1) is 0 Å². The quantitative estimate of drug-likeness (QED) is 0.577. The van der Waals surface area contributed by atoms with Gasteiger partial charge in [0.2, 0.25) is 0 Å². The van der Waals surface area contributed by atoms with Crippen LogP contribution in [-0.2, 0) is 4.74 Å². The second-order valence-corrected chi connectivity index (χ2v) is 3.34. The topological polar surface area (TPSA) is 49.7 Å². The molecular formula is C8H17BO3. The van der Waals surface area contributed by atoms with Gasteiger partial charge in [-0.2, -0.15) is 0 Å². The first-order chi connectivity index (χ1) is 6.20. The molecule has 0 aromatic heterocycles. The highest BCUT2D eigenvalue weighted by Crippen LogP contribution is 2.20. The van der Waals surface area contributed by atoms with Gasteiger partial charge in [0, 0.05) is 1.37 Å². The van der Waals surface area contributed by atoms with E-state index in [1.54, 1.807) is 0 Å². The van der Waals surface area contributed by atoms with Crippen LogP contribution in [0.25, 0.3) is 0 Å². The van der Waals surface area contributed by atoms with Gasteiger partial charge in [-0.15, -0.1) is 0 Å². The molecule has 2 N–H and O–H groups in total. The lowest BCUT2D eigenvalue weighted by molar-refractivity contribution is 0.0317. The third-order valence-electron chi connectivity index (χ3n) is 2.30. The fraction of sp³-hybridized carbons (Fsp3) is 1.00. The Hall–Kier alpha value is -0.0551.